The molecular weight excluding hydrogens is 282 g/mol. The van der Waals surface area contributed by atoms with Crippen LogP contribution in [0.1, 0.15) is 35.7 Å². The maximum atomic E-state index is 12.6. The van der Waals surface area contributed by atoms with Crippen molar-refractivity contribution < 1.29 is 4.79 Å². The van der Waals surface area contributed by atoms with Crippen LogP contribution in [0.4, 0.5) is 5.69 Å². The Morgan fingerprint density at radius 1 is 0.913 bits per heavy atom. The highest BCUT2D eigenvalue weighted by Crippen LogP contribution is 2.20. The molecule has 0 unspecified atom stereocenters. The zero-order valence-corrected chi connectivity index (χ0v) is 13.4. The van der Waals surface area contributed by atoms with Crippen molar-refractivity contribution in [3.05, 3.63) is 77.9 Å². The fourth-order valence-corrected chi connectivity index (χ4v) is 2.76. The third-order valence-electron chi connectivity index (χ3n) is 4.07. The molecule has 0 aliphatic heterocycles. The predicted molar refractivity (Wildman–Crippen MR) is 97.0 cm³/mol. The summed E-state index contributed by atoms with van der Waals surface area (Å²) >= 11 is 0. The van der Waals surface area contributed by atoms with E-state index in [1.54, 1.807) is 0 Å². The number of rotatable bonds is 5. The Kier molecular flexibility index (Phi) is 4.72. The van der Waals surface area contributed by atoms with E-state index in [-0.39, 0.29) is 5.91 Å². The maximum absolute atomic E-state index is 12.6. The first-order valence-corrected chi connectivity index (χ1v) is 8.16. The topological polar surface area (TPSA) is 29.1 Å². The minimum absolute atomic E-state index is 0.0666. The number of hydrogen-bond acceptors (Lipinski definition) is 1. The van der Waals surface area contributed by atoms with Gasteiger partial charge in [0, 0.05) is 11.3 Å². The zero-order chi connectivity index (χ0) is 16.1. The highest BCUT2D eigenvalue weighted by molar-refractivity contribution is 6.12. The molecule has 0 spiro atoms. The van der Waals surface area contributed by atoms with E-state index in [0.717, 1.165) is 22.9 Å². The number of carbonyl (C=O) groups is 1. The molecule has 116 valence electrons. The molecule has 0 aliphatic carbocycles. The molecule has 2 heteroatoms. The average Bonchev–Trinajstić information content (AvgIpc) is 2.60. The van der Waals surface area contributed by atoms with E-state index in [9.17, 15) is 4.79 Å². The van der Waals surface area contributed by atoms with E-state index in [4.69, 9.17) is 0 Å². The van der Waals surface area contributed by atoms with Crippen molar-refractivity contribution in [1.82, 2.24) is 0 Å². The van der Waals surface area contributed by atoms with Crippen LogP contribution in [0.2, 0.25) is 0 Å². The lowest BCUT2D eigenvalue weighted by molar-refractivity contribution is 0.102. The highest BCUT2D eigenvalue weighted by Gasteiger charge is 2.09. The lowest BCUT2D eigenvalue weighted by Crippen LogP contribution is -2.12. The summed E-state index contributed by atoms with van der Waals surface area (Å²) in [4.78, 5) is 12.6. The van der Waals surface area contributed by atoms with Gasteiger partial charge in [-0.2, -0.15) is 0 Å². The van der Waals surface area contributed by atoms with Gasteiger partial charge >= 0.3 is 0 Å². The minimum atomic E-state index is -0.0666. The number of unbranched alkanes of at least 4 members (excludes halogenated alkanes) is 1. The van der Waals surface area contributed by atoms with Gasteiger partial charge in [-0.3, -0.25) is 4.79 Å². The number of hydrogen-bond donors (Lipinski definition) is 1. The van der Waals surface area contributed by atoms with Crippen LogP contribution in [0.3, 0.4) is 0 Å². The molecule has 0 saturated carbocycles. The molecule has 1 N–H and O–H groups in total. The second-order valence-electron chi connectivity index (χ2n) is 5.78. The second-order valence-corrected chi connectivity index (χ2v) is 5.78. The predicted octanol–water partition coefficient (Wildman–Crippen LogP) is 5.43. The smallest absolute Gasteiger partial charge is 0.256 e. The first-order chi connectivity index (χ1) is 11.3. The van der Waals surface area contributed by atoms with Crippen LogP contribution in [-0.2, 0) is 6.42 Å². The average molecular weight is 303 g/mol. The molecule has 0 radical (unpaired) electrons. The highest BCUT2D eigenvalue weighted by atomic mass is 16.1. The monoisotopic (exact) mass is 303 g/mol. The van der Waals surface area contributed by atoms with E-state index in [2.05, 4.69) is 24.4 Å². The van der Waals surface area contributed by atoms with Crippen LogP contribution in [0.15, 0.2) is 66.7 Å². The molecule has 0 fully saturated rings. The summed E-state index contributed by atoms with van der Waals surface area (Å²) in [6.07, 6.45) is 3.48. The van der Waals surface area contributed by atoms with E-state index in [1.807, 2.05) is 54.6 Å². The van der Waals surface area contributed by atoms with Crippen molar-refractivity contribution in [3.63, 3.8) is 0 Å². The van der Waals surface area contributed by atoms with Gasteiger partial charge in [-0.1, -0.05) is 61.9 Å². The van der Waals surface area contributed by atoms with Crippen LogP contribution in [0.25, 0.3) is 10.8 Å². The summed E-state index contributed by atoms with van der Waals surface area (Å²) in [6.45, 7) is 2.19. The second kappa shape index (κ2) is 7.10. The number of benzene rings is 3. The molecule has 2 nitrogen and oxygen atoms in total. The van der Waals surface area contributed by atoms with E-state index in [1.165, 1.54) is 18.4 Å². The van der Waals surface area contributed by atoms with Gasteiger partial charge in [0.25, 0.3) is 5.91 Å². The SMILES string of the molecule is CCCCc1ccc(NC(=O)c2cccc3ccccc23)cc1. The molecule has 23 heavy (non-hydrogen) atoms. The summed E-state index contributed by atoms with van der Waals surface area (Å²) in [5, 5.41) is 5.05. The standard InChI is InChI=1S/C21H21NO/c1-2-3-7-16-12-14-18(15-13-16)22-21(23)20-11-6-9-17-8-4-5-10-19(17)20/h4-6,8-15H,2-3,7H2,1H3,(H,22,23). The summed E-state index contributed by atoms with van der Waals surface area (Å²) in [5.41, 5.74) is 2.86. The Hall–Kier alpha value is -2.61. The Labute approximate surface area is 137 Å². The van der Waals surface area contributed by atoms with Gasteiger partial charge in [0.05, 0.1) is 0 Å². The third kappa shape index (κ3) is 3.59. The number of amides is 1. The number of fused-ring (bicyclic) bond motifs is 1. The molecule has 0 atom stereocenters. The van der Waals surface area contributed by atoms with Crippen LogP contribution in [-0.4, -0.2) is 5.91 Å². The van der Waals surface area contributed by atoms with Crippen LogP contribution in [0, 0.1) is 0 Å². The van der Waals surface area contributed by atoms with Gasteiger partial charge in [-0.05, 0) is 47.4 Å². The van der Waals surface area contributed by atoms with Crippen LogP contribution >= 0.6 is 0 Å². The molecule has 3 aromatic rings. The summed E-state index contributed by atoms with van der Waals surface area (Å²) in [6, 6.07) is 21.9. The molecule has 0 heterocycles. The molecule has 3 aromatic carbocycles. The Balaban J connectivity index is 1.78. The van der Waals surface area contributed by atoms with E-state index in [0.29, 0.717) is 5.56 Å². The first-order valence-electron chi connectivity index (χ1n) is 8.16. The van der Waals surface area contributed by atoms with Gasteiger partial charge in [-0.15, -0.1) is 0 Å². The molecule has 1 amide bonds. The third-order valence-corrected chi connectivity index (χ3v) is 4.07. The largest absolute Gasteiger partial charge is 0.322 e. The Morgan fingerprint density at radius 2 is 1.65 bits per heavy atom. The maximum Gasteiger partial charge on any atom is 0.256 e. The van der Waals surface area contributed by atoms with Crippen molar-refractivity contribution >= 4 is 22.4 Å². The van der Waals surface area contributed by atoms with Crippen molar-refractivity contribution in [1.29, 1.82) is 0 Å². The fraction of sp³-hybridized carbons (Fsp3) is 0.190. The summed E-state index contributed by atoms with van der Waals surface area (Å²) in [7, 11) is 0. The van der Waals surface area contributed by atoms with Crippen LogP contribution < -0.4 is 5.32 Å². The van der Waals surface area contributed by atoms with Gasteiger partial charge < -0.3 is 5.32 Å². The lowest BCUT2D eigenvalue weighted by atomic mass is 10.0. The normalized spacial score (nSPS) is 10.7. The number of aryl methyl sites for hydroxylation is 1. The molecule has 0 aromatic heterocycles. The van der Waals surface area contributed by atoms with Crippen molar-refractivity contribution in [3.8, 4) is 0 Å². The number of carbonyl (C=O) groups excluding carboxylic acids is 1. The molecular formula is C21H21NO. The molecule has 0 aliphatic rings. The van der Waals surface area contributed by atoms with Gasteiger partial charge in [0.2, 0.25) is 0 Å². The quantitative estimate of drug-likeness (QED) is 0.668. The van der Waals surface area contributed by atoms with Gasteiger partial charge in [0.15, 0.2) is 0 Å². The van der Waals surface area contributed by atoms with Crippen molar-refractivity contribution in [2.24, 2.45) is 0 Å². The minimum Gasteiger partial charge on any atom is -0.322 e. The number of nitrogens with one attached hydrogen (secondary N) is 1. The summed E-state index contributed by atoms with van der Waals surface area (Å²) in [5.74, 6) is -0.0666. The van der Waals surface area contributed by atoms with Gasteiger partial charge in [0.1, 0.15) is 0 Å². The summed E-state index contributed by atoms with van der Waals surface area (Å²) < 4.78 is 0. The molecule has 0 bridgehead atoms. The van der Waals surface area contributed by atoms with Crippen molar-refractivity contribution in [2.45, 2.75) is 26.2 Å². The van der Waals surface area contributed by atoms with Crippen molar-refractivity contribution in [2.75, 3.05) is 5.32 Å². The Bertz CT molecular complexity index is 800. The fourth-order valence-electron chi connectivity index (χ4n) is 2.76. The zero-order valence-electron chi connectivity index (χ0n) is 13.4. The van der Waals surface area contributed by atoms with E-state index >= 15 is 0 Å². The molecule has 3 rings (SSSR count). The molecule has 0 saturated heterocycles. The van der Waals surface area contributed by atoms with E-state index < -0.39 is 0 Å². The van der Waals surface area contributed by atoms with Gasteiger partial charge in [-0.25, -0.2) is 0 Å². The Morgan fingerprint density at radius 3 is 2.43 bits per heavy atom. The number of anilines is 1. The first kappa shape index (κ1) is 15.3. The van der Waals surface area contributed by atoms with Crippen LogP contribution in [0.5, 0.6) is 0 Å². The lowest BCUT2D eigenvalue weighted by Gasteiger charge is -2.09.